The first-order chi connectivity index (χ1) is 13.2. The minimum atomic E-state index is -0.497. The Morgan fingerprint density at radius 3 is 1.41 bits per heavy atom. The first kappa shape index (κ1) is 26.0. The number of alkyl halides is 1. The van der Waals surface area contributed by atoms with Crippen molar-refractivity contribution in [1.29, 1.82) is 0 Å². The van der Waals surface area contributed by atoms with E-state index in [4.69, 9.17) is 21.1 Å². The zero-order valence-electron chi connectivity index (χ0n) is 17.2. The fourth-order valence-electron chi connectivity index (χ4n) is 2.72. The molecule has 0 N–H and O–H groups in total. The van der Waals surface area contributed by atoms with Crippen LogP contribution in [0.1, 0.15) is 96.8 Å². The average Bonchev–Trinajstić information content (AvgIpc) is 2.67. The van der Waals surface area contributed by atoms with E-state index in [1.165, 1.54) is 51.4 Å². The minimum absolute atomic E-state index is 0.374. The van der Waals surface area contributed by atoms with Crippen LogP contribution in [0.25, 0.3) is 0 Å². The summed E-state index contributed by atoms with van der Waals surface area (Å²) < 4.78 is 10.1. The molecule has 0 unspecified atom stereocenters. The number of carbonyl (C=O) groups is 2. The molecule has 0 aliphatic heterocycles. The fraction of sp³-hybridized carbons (Fsp3) is 0.818. The summed E-state index contributed by atoms with van der Waals surface area (Å²) in [5.41, 5.74) is 0. The molecule has 0 spiro atoms. The van der Waals surface area contributed by atoms with Crippen molar-refractivity contribution >= 4 is 23.5 Å². The van der Waals surface area contributed by atoms with Crippen molar-refractivity contribution in [2.75, 3.05) is 19.1 Å². The van der Waals surface area contributed by atoms with Gasteiger partial charge >= 0.3 is 11.9 Å². The molecule has 0 radical (unpaired) electrons. The Hall–Kier alpha value is -1.03. The molecular weight excluding hydrogens is 364 g/mol. The molecule has 0 aromatic carbocycles. The maximum atomic E-state index is 11.5. The number of hydrogen-bond acceptors (Lipinski definition) is 4. The first-order valence-electron chi connectivity index (χ1n) is 10.8. The molecule has 0 aliphatic carbocycles. The summed E-state index contributed by atoms with van der Waals surface area (Å²) in [5.74, 6) is -0.308. The van der Waals surface area contributed by atoms with Gasteiger partial charge in [0.2, 0.25) is 0 Å². The van der Waals surface area contributed by atoms with Crippen molar-refractivity contribution < 1.29 is 19.1 Å². The van der Waals surface area contributed by atoms with E-state index in [1.54, 1.807) is 0 Å². The Bertz CT molecular complexity index is 383. The van der Waals surface area contributed by atoms with Gasteiger partial charge in [-0.3, -0.25) is 0 Å². The molecular formula is C22H39ClO4. The van der Waals surface area contributed by atoms with E-state index in [2.05, 4.69) is 6.92 Å². The topological polar surface area (TPSA) is 52.6 Å². The van der Waals surface area contributed by atoms with Crippen molar-refractivity contribution in [2.45, 2.75) is 96.8 Å². The summed E-state index contributed by atoms with van der Waals surface area (Å²) in [6, 6.07) is 0. The molecule has 0 aliphatic rings. The molecule has 0 aromatic heterocycles. The highest BCUT2D eigenvalue weighted by atomic mass is 35.5. The SMILES string of the molecule is CCCCCCCCCCCCOC(=O)/C=C/C(=O)OCCCCCCCl. The number of hydrogen-bond donors (Lipinski definition) is 0. The minimum Gasteiger partial charge on any atom is -0.463 e. The summed E-state index contributed by atoms with van der Waals surface area (Å²) in [6.07, 6.45) is 18.5. The Labute approximate surface area is 171 Å². The molecule has 0 heterocycles. The van der Waals surface area contributed by atoms with Crippen LogP contribution in [-0.2, 0) is 19.1 Å². The summed E-state index contributed by atoms with van der Waals surface area (Å²) in [7, 11) is 0. The number of esters is 2. The van der Waals surface area contributed by atoms with E-state index in [0.717, 1.165) is 50.7 Å². The maximum Gasteiger partial charge on any atom is 0.331 e. The van der Waals surface area contributed by atoms with Gasteiger partial charge in [-0.15, -0.1) is 11.6 Å². The monoisotopic (exact) mass is 402 g/mol. The van der Waals surface area contributed by atoms with E-state index in [9.17, 15) is 9.59 Å². The van der Waals surface area contributed by atoms with Gasteiger partial charge in [-0.25, -0.2) is 9.59 Å². The highest BCUT2D eigenvalue weighted by Gasteiger charge is 2.01. The lowest BCUT2D eigenvalue weighted by Gasteiger charge is -2.03. The Morgan fingerprint density at radius 2 is 1.00 bits per heavy atom. The number of halogens is 1. The molecule has 0 saturated carbocycles. The highest BCUT2D eigenvalue weighted by molar-refractivity contribution is 6.17. The van der Waals surface area contributed by atoms with Crippen LogP contribution in [-0.4, -0.2) is 31.0 Å². The molecule has 0 atom stereocenters. The maximum absolute atomic E-state index is 11.5. The molecule has 0 saturated heterocycles. The molecule has 5 heteroatoms. The molecule has 158 valence electrons. The predicted molar refractivity (Wildman–Crippen MR) is 112 cm³/mol. The van der Waals surface area contributed by atoms with Gasteiger partial charge in [0, 0.05) is 18.0 Å². The quantitative estimate of drug-likeness (QED) is 0.109. The third-order valence-corrected chi connectivity index (χ3v) is 4.64. The molecule has 0 bridgehead atoms. The second-order valence-corrected chi connectivity index (χ2v) is 7.33. The number of carbonyl (C=O) groups excluding carboxylic acids is 2. The summed E-state index contributed by atoms with van der Waals surface area (Å²) >= 11 is 5.59. The highest BCUT2D eigenvalue weighted by Crippen LogP contribution is 2.10. The van der Waals surface area contributed by atoms with Gasteiger partial charge in [0.1, 0.15) is 0 Å². The lowest BCUT2D eigenvalue weighted by atomic mass is 10.1. The normalized spacial score (nSPS) is 11.0. The van der Waals surface area contributed by atoms with Crippen molar-refractivity contribution in [3.63, 3.8) is 0 Å². The standard InChI is InChI=1S/C22H39ClO4/c1-2-3-4-5-6-7-8-9-11-14-19-26-21(24)16-17-22(25)27-20-15-12-10-13-18-23/h16-17H,2-15,18-20H2,1H3/b17-16+. The summed E-state index contributed by atoms with van der Waals surface area (Å²) in [6.45, 7) is 3.02. The number of rotatable bonds is 19. The van der Waals surface area contributed by atoms with Crippen LogP contribution in [0.4, 0.5) is 0 Å². The van der Waals surface area contributed by atoms with Crippen LogP contribution in [0, 0.1) is 0 Å². The predicted octanol–water partition coefficient (Wildman–Crippen LogP) is 6.35. The van der Waals surface area contributed by atoms with Gasteiger partial charge in [0.25, 0.3) is 0 Å². The van der Waals surface area contributed by atoms with Gasteiger partial charge in [0.15, 0.2) is 0 Å². The molecule has 0 amide bonds. The van der Waals surface area contributed by atoms with Crippen molar-refractivity contribution in [3.8, 4) is 0 Å². The van der Waals surface area contributed by atoms with Gasteiger partial charge in [-0.05, 0) is 19.3 Å². The second kappa shape index (κ2) is 21.3. The lowest BCUT2D eigenvalue weighted by molar-refractivity contribution is -0.140. The Balaban J connectivity index is 3.41. The largest absolute Gasteiger partial charge is 0.463 e. The van der Waals surface area contributed by atoms with Crippen molar-refractivity contribution in [2.24, 2.45) is 0 Å². The van der Waals surface area contributed by atoms with Crippen molar-refractivity contribution in [1.82, 2.24) is 0 Å². The fourth-order valence-corrected chi connectivity index (χ4v) is 2.91. The van der Waals surface area contributed by atoms with Crippen LogP contribution in [0.15, 0.2) is 12.2 Å². The number of ether oxygens (including phenoxy) is 2. The van der Waals surface area contributed by atoms with Crippen LogP contribution in [0.3, 0.4) is 0 Å². The Kier molecular flexibility index (Phi) is 20.5. The molecule has 0 rings (SSSR count). The van der Waals surface area contributed by atoms with Gasteiger partial charge < -0.3 is 9.47 Å². The first-order valence-corrected chi connectivity index (χ1v) is 11.3. The van der Waals surface area contributed by atoms with Gasteiger partial charge in [0.05, 0.1) is 13.2 Å². The van der Waals surface area contributed by atoms with Crippen molar-refractivity contribution in [3.05, 3.63) is 12.2 Å². The number of unbranched alkanes of at least 4 members (excludes halogenated alkanes) is 12. The third kappa shape index (κ3) is 21.1. The van der Waals surface area contributed by atoms with E-state index in [-0.39, 0.29) is 0 Å². The summed E-state index contributed by atoms with van der Waals surface area (Å²) in [5, 5.41) is 0. The second-order valence-electron chi connectivity index (χ2n) is 6.95. The van der Waals surface area contributed by atoms with Crippen LogP contribution < -0.4 is 0 Å². The van der Waals surface area contributed by atoms with Crippen LogP contribution in [0.2, 0.25) is 0 Å². The van der Waals surface area contributed by atoms with E-state index in [1.807, 2.05) is 0 Å². The summed E-state index contributed by atoms with van der Waals surface area (Å²) in [4.78, 5) is 23.0. The van der Waals surface area contributed by atoms with Gasteiger partial charge in [-0.1, -0.05) is 77.6 Å². The molecule has 0 fully saturated rings. The Morgan fingerprint density at radius 1 is 0.630 bits per heavy atom. The van der Waals surface area contributed by atoms with Crippen LogP contribution >= 0.6 is 11.6 Å². The third-order valence-electron chi connectivity index (χ3n) is 4.37. The molecule has 4 nitrogen and oxygen atoms in total. The smallest absolute Gasteiger partial charge is 0.331 e. The molecule has 0 aromatic rings. The van der Waals surface area contributed by atoms with E-state index in [0.29, 0.717) is 19.1 Å². The average molecular weight is 403 g/mol. The van der Waals surface area contributed by atoms with E-state index < -0.39 is 11.9 Å². The van der Waals surface area contributed by atoms with Gasteiger partial charge in [-0.2, -0.15) is 0 Å². The van der Waals surface area contributed by atoms with Crippen LogP contribution in [0.5, 0.6) is 0 Å². The molecule has 27 heavy (non-hydrogen) atoms. The zero-order chi connectivity index (χ0) is 20.0. The zero-order valence-corrected chi connectivity index (χ0v) is 17.9. The lowest BCUT2D eigenvalue weighted by Crippen LogP contribution is -2.06. The van der Waals surface area contributed by atoms with E-state index >= 15 is 0 Å².